The number of aryl methyl sites for hydroxylation is 3. The average molecular weight is 340 g/mol. The predicted octanol–water partition coefficient (Wildman–Crippen LogP) is 2.73. The Morgan fingerprint density at radius 1 is 1.24 bits per heavy atom. The van der Waals surface area contributed by atoms with Crippen molar-refractivity contribution in [2.24, 2.45) is 7.05 Å². The minimum Gasteiger partial charge on any atom is -0.378 e. The highest BCUT2D eigenvalue weighted by Crippen LogP contribution is 2.31. The fourth-order valence-electron chi connectivity index (χ4n) is 4.26. The second kappa shape index (κ2) is 7.18. The van der Waals surface area contributed by atoms with E-state index in [1.807, 2.05) is 4.68 Å². The van der Waals surface area contributed by atoms with Gasteiger partial charge < -0.3 is 15.0 Å². The summed E-state index contributed by atoms with van der Waals surface area (Å²) in [7, 11) is 2.05. The minimum absolute atomic E-state index is 0.446. The lowest BCUT2D eigenvalue weighted by atomic mass is 9.87. The second-order valence-electron chi connectivity index (χ2n) is 7.14. The van der Waals surface area contributed by atoms with Crippen LogP contribution in [0.5, 0.6) is 0 Å². The van der Waals surface area contributed by atoms with E-state index in [0.717, 1.165) is 38.5 Å². The van der Waals surface area contributed by atoms with Crippen LogP contribution in [0, 0.1) is 6.92 Å². The van der Waals surface area contributed by atoms with Crippen molar-refractivity contribution in [1.82, 2.24) is 15.1 Å². The molecule has 25 heavy (non-hydrogen) atoms. The molecule has 0 spiro atoms. The Labute approximate surface area is 150 Å². The molecule has 0 unspecified atom stereocenters. The van der Waals surface area contributed by atoms with Crippen LogP contribution in [0.3, 0.4) is 0 Å². The Hall–Kier alpha value is -1.85. The number of hydrogen-bond donors (Lipinski definition) is 1. The quantitative estimate of drug-likeness (QED) is 0.929. The van der Waals surface area contributed by atoms with Gasteiger partial charge in [0, 0.05) is 38.3 Å². The van der Waals surface area contributed by atoms with Crippen molar-refractivity contribution >= 4 is 5.82 Å². The molecule has 0 bridgehead atoms. The summed E-state index contributed by atoms with van der Waals surface area (Å²) < 4.78 is 7.55. The third-order valence-electron chi connectivity index (χ3n) is 5.52. The molecule has 1 aliphatic carbocycles. The fourth-order valence-corrected chi connectivity index (χ4v) is 4.26. The summed E-state index contributed by atoms with van der Waals surface area (Å²) in [6.07, 6.45) is 3.68. The van der Waals surface area contributed by atoms with Gasteiger partial charge in [-0.15, -0.1) is 0 Å². The summed E-state index contributed by atoms with van der Waals surface area (Å²) in [6.45, 7) is 6.47. The smallest absolute Gasteiger partial charge is 0.131 e. The average Bonchev–Trinajstić information content (AvgIpc) is 2.94. The molecule has 1 saturated heterocycles. The van der Waals surface area contributed by atoms with Gasteiger partial charge >= 0.3 is 0 Å². The Balaban J connectivity index is 1.54. The van der Waals surface area contributed by atoms with Crippen molar-refractivity contribution in [1.29, 1.82) is 0 Å². The van der Waals surface area contributed by atoms with E-state index in [1.165, 1.54) is 41.8 Å². The minimum atomic E-state index is 0.446. The van der Waals surface area contributed by atoms with Gasteiger partial charge in [0.2, 0.25) is 0 Å². The van der Waals surface area contributed by atoms with Crippen molar-refractivity contribution in [2.75, 3.05) is 31.2 Å². The van der Waals surface area contributed by atoms with Crippen molar-refractivity contribution in [2.45, 2.75) is 38.8 Å². The summed E-state index contributed by atoms with van der Waals surface area (Å²) in [5, 5.41) is 8.50. The maximum absolute atomic E-state index is 5.51. The molecule has 1 N–H and O–H groups in total. The summed E-state index contributed by atoms with van der Waals surface area (Å²) >= 11 is 0. The highest BCUT2D eigenvalue weighted by Gasteiger charge is 2.24. The first-order valence-electron chi connectivity index (χ1n) is 9.40. The molecule has 2 aliphatic rings. The number of rotatable bonds is 4. The highest BCUT2D eigenvalue weighted by molar-refractivity contribution is 5.50. The van der Waals surface area contributed by atoms with Crippen LogP contribution in [-0.2, 0) is 24.8 Å². The largest absolute Gasteiger partial charge is 0.378 e. The maximum atomic E-state index is 5.51. The lowest BCUT2D eigenvalue weighted by molar-refractivity contribution is 0.122. The van der Waals surface area contributed by atoms with Crippen molar-refractivity contribution in [3.63, 3.8) is 0 Å². The summed E-state index contributed by atoms with van der Waals surface area (Å²) in [5.74, 6) is 1.25. The number of nitrogens with one attached hydrogen (secondary N) is 1. The van der Waals surface area contributed by atoms with Gasteiger partial charge in [0.25, 0.3) is 0 Å². The zero-order valence-corrected chi connectivity index (χ0v) is 15.3. The van der Waals surface area contributed by atoms with Gasteiger partial charge in [-0.05, 0) is 37.3 Å². The Bertz CT molecular complexity index is 733. The van der Waals surface area contributed by atoms with Gasteiger partial charge in [-0.25, -0.2) is 0 Å². The summed E-state index contributed by atoms with van der Waals surface area (Å²) in [6, 6.07) is 9.32. The van der Waals surface area contributed by atoms with Gasteiger partial charge in [0.05, 0.1) is 18.9 Å². The first-order valence-corrected chi connectivity index (χ1v) is 9.40. The molecule has 5 heteroatoms. The van der Waals surface area contributed by atoms with E-state index in [-0.39, 0.29) is 0 Å². The van der Waals surface area contributed by atoms with Crippen molar-refractivity contribution in [3.8, 4) is 0 Å². The van der Waals surface area contributed by atoms with Crippen LogP contribution in [0.4, 0.5) is 5.82 Å². The van der Waals surface area contributed by atoms with Gasteiger partial charge in [-0.1, -0.05) is 24.3 Å². The molecule has 0 saturated carbocycles. The van der Waals surface area contributed by atoms with E-state index in [2.05, 4.69) is 53.6 Å². The SMILES string of the molecule is Cc1nn(C)c(N2CCOCC2)c1CN[C@H]1CCCc2ccccc21. The molecule has 5 nitrogen and oxygen atoms in total. The van der Waals surface area contributed by atoms with E-state index in [1.54, 1.807) is 0 Å². The zero-order valence-electron chi connectivity index (χ0n) is 15.3. The summed E-state index contributed by atoms with van der Waals surface area (Å²) in [5.41, 5.74) is 5.43. The molecule has 134 valence electrons. The van der Waals surface area contributed by atoms with Gasteiger partial charge in [-0.3, -0.25) is 4.68 Å². The molecule has 1 atom stereocenters. The number of fused-ring (bicyclic) bond motifs is 1. The van der Waals surface area contributed by atoms with Crippen molar-refractivity contribution in [3.05, 3.63) is 46.6 Å². The predicted molar refractivity (Wildman–Crippen MR) is 99.9 cm³/mol. The molecular formula is C20H28N4O. The van der Waals surface area contributed by atoms with E-state index < -0.39 is 0 Å². The van der Waals surface area contributed by atoms with E-state index in [4.69, 9.17) is 4.74 Å². The molecule has 1 fully saturated rings. The van der Waals surface area contributed by atoms with E-state index in [9.17, 15) is 0 Å². The van der Waals surface area contributed by atoms with Crippen LogP contribution in [-0.4, -0.2) is 36.1 Å². The summed E-state index contributed by atoms with van der Waals surface area (Å²) in [4.78, 5) is 2.41. The van der Waals surface area contributed by atoms with E-state index in [0.29, 0.717) is 6.04 Å². The normalized spacial score (nSPS) is 20.6. The van der Waals surface area contributed by atoms with Crippen LogP contribution < -0.4 is 10.2 Å². The molecule has 1 aromatic heterocycles. The number of morpholine rings is 1. The fraction of sp³-hybridized carbons (Fsp3) is 0.550. The molecular weight excluding hydrogens is 312 g/mol. The Morgan fingerprint density at radius 2 is 2.04 bits per heavy atom. The Kier molecular flexibility index (Phi) is 4.77. The molecule has 1 aliphatic heterocycles. The first-order chi connectivity index (χ1) is 12.2. The molecule has 4 rings (SSSR count). The number of nitrogens with zero attached hydrogens (tertiary/aromatic N) is 3. The molecule has 2 aromatic rings. The number of hydrogen-bond acceptors (Lipinski definition) is 4. The molecule has 2 heterocycles. The van der Waals surface area contributed by atoms with Crippen LogP contribution in [0.25, 0.3) is 0 Å². The third kappa shape index (κ3) is 3.31. The van der Waals surface area contributed by atoms with E-state index >= 15 is 0 Å². The van der Waals surface area contributed by atoms with Gasteiger partial charge in [0.15, 0.2) is 0 Å². The molecule has 1 aromatic carbocycles. The Morgan fingerprint density at radius 3 is 2.88 bits per heavy atom. The van der Waals surface area contributed by atoms with Crippen LogP contribution in [0.15, 0.2) is 24.3 Å². The monoisotopic (exact) mass is 340 g/mol. The highest BCUT2D eigenvalue weighted by atomic mass is 16.5. The topological polar surface area (TPSA) is 42.3 Å². The van der Waals surface area contributed by atoms with Crippen LogP contribution >= 0.6 is 0 Å². The number of benzene rings is 1. The maximum Gasteiger partial charge on any atom is 0.131 e. The number of anilines is 1. The second-order valence-corrected chi connectivity index (χ2v) is 7.14. The van der Waals surface area contributed by atoms with Crippen molar-refractivity contribution < 1.29 is 4.74 Å². The van der Waals surface area contributed by atoms with Gasteiger partial charge in [-0.2, -0.15) is 5.10 Å². The number of ether oxygens (including phenoxy) is 1. The van der Waals surface area contributed by atoms with Gasteiger partial charge in [0.1, 0.15) is 5.82 Å². The third-order valence-corrected chi connectivity index (χ3v) is 5.52. The van der Waals surface area contributed by atoms with Crippen LogP contribution in [0.2, 0.25) is 0 Å². The lowest BCUT2D eigenvalue weighted by Crippen LogP contribution is -2.38. The number of aromatic nitrogens is 2. The molecule has 0 radical (unpaired) electrons. The lowest BCUT2D eigenvalue weighted by Gasteiger charge is -2.30. The standard InChI is InChI=1S/C20H28N4O/c1-15-18(20(23(2)22-15)24-10-12-25-13-11-24)14-21-19-9-5-7-16-6-3-4-8-17(16)19/h3-4,6,8,19,21H,5,7,9-14H2,1-2H3/t19-/m0/s1. The zero-order chi connectivity index (χ0) is 17.2. The molecule has 0 amide bonds. The van der Waals surface area contributed by atoms with Crippen LogP contribution in [0.1, 0.15) is 41.3 Å². The first kappa shape index (κ1) is 16.6.